The maximum absolute atomic E-state index is 13.2. The Labute approximate surface area is 804 Å². The Morgan fingerprint density at radius 2 is 0.944 bits per heavy atom. The third kappa shape index (κ3) is 23.7. The molecule has 0 bridgehead atoms. The number of aryl methyl sites for hydroxylation is 4. The molecule has 0 saturated carbocycles. The van der Waals surface area contributed by atoms with Crippen LogP contribution in [0.25, 0.3) is 67.1 Å². The van der Waals surface area contributed by atoms with Crippen LogP contribution in [-0.2, 0) is 80.8 Å². The Balaban J connectivity index is 0.000000143. The minimum absolute atomic E-state index is 0.00399. The van der Waals surface area contributed by atoms with Gasteiger partial charge in [-0.05, 0) is 188 Å². The number of alkyl halides is 9. The van der Waals surface area contributed by atoms with Crippen molar-refractivity contribution < 1.29 is 126 Å². The Kier molecular flexibility index (Phi) is 31.4. The summed E-state index contributed by atoms with van der Waals surface area (Å²) in [5.74, 6) is -2.04. The number of benzene rings is 8. The van der Waals surface area contributed by atoms with E-state index in [2.05, 4.69) is 41.2 Å². The van der Waals surface area contributed by atoms with Gasteiger partial charge in [0.05, 0.1) is 87.1 Å². The number of ether oxygens (including phenoxy) is 4. The summed E-state index contributed by atoms with van der Waals surface area (Å²) in [7, 11) is -3.95. The summed E-state index contributed by atoms with van der Waals surface area (Å²) in [6, 6.07) is 44.4. The standard InChI is InChI=1S/C27H27N5O5.C24H21F3N4O4.C22H21F3N4O6S.C22H21F3N4O4S/c1-30-10-8-19(15-24(30)34)18-4-2-5-20(14-18)26(36)29-27-28-22-16-21(31-11-13-37-17-25(31)35)6-7-23(22)32(27)9-3-12-33;25-24(26,27)15-4-1-3-14(9-15)20(32)12-21-29-18-10-16(30-7-2-8-35-23(30)34)5-6-19(18)31(21)17-11-22(33)28-13-17;23-22(24,25)36(33,34)16-4-1-3-14(11-16)20(32)27-21-26-17-12-15(28-8-10-35-13-19(28)31)5-6-18(17)29(21)7-2-9-30;23-22(24,25)34-16-4-1-3-14(11-16)20(32)27-21-26-17-12-15(28-8-10-33-13-19(28)31)5-6-18(17)29(21)7-2-9-30/h2,4-8,10,14-16,33H,3,9,11-13,17H2,1H3,(H,28,29,36);1,3-6,9-10,12,17,32H,2,7-8,11,13H2,(H,28,33);1,3-6,11-12,30H,2,7-10,13H2,(H,26,27,32);1,3-6,11-12,30H,2,7-10,13H2,(H,26,27,32)/t;17-;;/m.0../s1. The lowest BCUT2D eigenvalue weighted by molar-refractivity contribution is -0.137. The number of rotatable bonds is 25. The van der Waals surface area contributed by atoms with Crippen LogP contribution in [0.2, 0.25) is 0 Å². The molecule has 5 fully saturated rings. The number of nitrogens with one attached hydrogen (secondary N) is 4. The lowest BCUT2D eigenvalue weighted by Crippen LogP contribution is -2.41. The summed E-state index contributed by atoms with van der Waals surface area (Å²) in [6.07, 6.45) is 0.0428. The zero-order chi connectivity index (χ0) is 101. The molecular weight excluding hydrogens is 1920 g/mol. The van der Waals surface area contributed by atoms with Crippen LogP contribution < -0.4 is 46.4 Å². The van der Waals surface area contributed by atoms with Gasteiger partial charge in [0.1, 0.15) is 31.4 Å². The van der Waals surface area contributed by atoms with Gasteiger partial charge in [-0.3, -0.25) is 59.2 Å². The molecule has 5 saturated heterocycles. The number of carbonyl (C=O) groups excluding carboxylic acids is 8. The van der Waals surface area contributed by atoms with Gasteiger partial charge < -0.3 is 82.2 Å². The molecule has 0 radical (unpaired) electrons. The average molecular weight is 2010 g/mol. The Morgan fingerprint density at radius 3 is 1.39 bits per heavy atom. The van der Waals surface area contributed by atoms with Crippen LogP contribution >= 0.6 is 11.8 Å². The van der Waals surface area contributed by atoms with E-state index in [1.807, 2.05) is 34.9 Å². The number of thioether (sulfide) groups is 1. The molecule has 5 aliphatic rings. The summed E-state index contributed by atoms with van der Waals surface area (Å²) in [5.41, 5.74) is -2.12. The second-order valence-electron chi connectivity index (χ2n) is 32.6. The molecule has 13 aromatic rings. The summed E-state index contributed by atoms with van der Waals surface area (Å²) in [6.45, 7) is 4.49. The number of amides is 8. The van der Waals surface area contributed by atoms with Crippen LogP contribution in [0.3, 0.4) is 0 Å². The van der Waals surface area contributed by atoms with Crippen molar-refractivity contribution in [3.8, 4) is 11.1 Å². The molecule has 0 spiro atoms. The number of halogens is 9. The fourth-order valence-electron chi connectivity index (χ4n) is 16.1. The topological polar surface area (TPSA) is 443 Å². The molecule has 0 aliphatic carbocycles. The molecule has 10 heterocycles. The largest absolute Gasteiger partial charge is 0.507 e. The average Bonchev–Trinajstić information content (AvgIpc) is 1.64. The molecule has 142 heavy (non-hydrogen) atoms. The highest BCUT2D eigenvalue weighted by Crippen LogP contribution is 2.40. The number of hydrogen-bond donors (Lipinski definition) is 8. The maximum Gasteiger partial charge on any atom is 0.501 e. The number of hydrogen-bond acceptors (Lipinski definition) is 24. The number of pyridine rings is 1. The van der Waals surface area contributed by atoms with E-state index in [4.69, 9.17) is 18.9 Å². The zero-order valence-corrected chi connectivity index (χ0v) is 76.9. The Bertz CT molecular complexity index is 7210. The van der Waals surface area contributed by atoms with Crippen molar-refractivity contribution in [2.75, 3.05) is 134 Å². The zero-order valence-electron chi connectivity index (χ0n) is 75.3. The number of aliphatic hydroxyl groups excluding tert-OH is 4. The van der Waals surface area contributed by atoms with Crippen LogP contribution in [0.5, 0.6) is 0 Å². The molecule has 8 aromatic carbocycles. The summed E-state index contributed by atoms with van der Waals surface area (Å²) >= 11 is -0.298. The highest BCUT2D eigenvalue weighted by molar-refractivity contribution is 8.00. The highest BCUT2D eigenvalue weighted by atomic mass is 32.2. The smallest absolute Gasteiger partial charge is 0.501 e. The maximum atomic E-state index is 13.2. The molecule has 1 atom stereocenters. The van der Waals surface area contributed by atoms with Crippen molar-refractivity contribution in [1.82, 2.24) is 48.1 Å². The van der Waals surface area contributed by atoms with Crippen LogP contribution in [0.1, 0.15) is 86.2 Å². The Morgan fingerprint density at radius 1 is 0.500 bits per heavy atom. The van der Waals surface area contributed by atoms with E-state index < -0.39 is 61.2 Å². The molecule has 18 rings (SSSR count). The van der Waals surface area contributed by atoms with E-state index in [0.717, 1.165) is 47.0 Å². The quantitative estimate of drug-likeness (QED) is 0.0150. The van der Waals surface area contributed by atoms with Crippen molar-refractivity contribution in [3.63, 3.8) is 0 Å². The van der Waals surface area contributed by atoms with Crippen LogP contribution in [0.4, 0.5) is 84.9 Å². The number of anilines is 7. The van der Waals surface area contributed by atoms with Gasteiger partial charge in [-0.15, -0.1) is 0 Å². The number of sulfone groups is 1. The first-order chi connectivity index (χ1) is 67.9. The molecule has 0 unspecified atom stereocenters. The van der Waals surface area contributed by atoms with Crippen LogP contribution in [-0.4, -0.2) is 229 Å². The third-order valence-corrected chi connectivity index (χ3v) is 25.2. The van der Waals surface area contributed by atoms with E-state index in [0.29, 0.717) is 177 Å². The van der Waals surface area contributed by atoms with Gasteiger partial charge in [0.25, 0.3) is 50.8 Å². The number of aliphatic hydroxyl groups is 4. The van der Waals surface area contributed by atoms with Gasteiger partial charge in [0.15, 0.2) is 0 Å². The third-order valence-electron chi connectivity index (χ3n) is 23.0. The van der Waals surface area contributed by atoms with E-state index in [-0.39, 0.29) is 145 Å². The molecule has 36 nitrogen and oxygen atoms in total. The lowest BCUT2D eigenvalue weighted by Gasteiger charge is -2.26. The van der Waals surface area contributed by atoms with Gasteiger partial charge >= 0.3 is 23.3 Å². The van der Waals surface area contributed by atoms with E-state index >= 15 is 0 Å². The number of imidazole rings is 4. The SMILES string of the molecule is Cn1ccc(-c2cccc(C(=O)Nc3nc4cc(N5CCOCC5=O)ccc4n3CCCO)c2)cc1=O.O=C(Nc1nc2cc(N3CCOCC3=O)ccc2n1CCCO)c1cccc(S(=O)(=O)C(F)(F)F)c1.O=C(Nc1nc2cc(N3CCOCC3=O)ccc2n1CCCO)c1cccc(SC(F)(F)F)c1.O=C1C[C@H](n2c(C=C(O)c3cccc(C(F)(F)F)c3)nc3cc(N4CCCOC4=O)ccc32)CN1. The van der Waals surface area contributed by atoms with Crippen molar-refractivity contribution in [2.24, 2.45) is 7.05 Å². The molecule has 5 aliphatic heterocycles. The van der Waals surface area contributed by atoms with Gasteiger partial charge in [0.2, 0.25) is 23.8 Å². The number of nitrogens with zero attached hydrogens (tertiary/aromatic N) is 13. The minimum atomic E-state index is -5.64. The first-order valence-electron chi connectivity index (χ1n) is 44.2. The minimum Gasteiger partial charge on any atom is -0.507 e. The number of morpholine rings is 3. The molecule has 47 heteroatoms. The number of fused-ring (bicyclic) bond motifs is 4. The number of aromatic nitrogens is 9. The number of carbonyl (C=O) groups is 8. The van der Waals surface area contributed by atoms with Gasteiger partial charge in [-0.2, -0.15) is 39.5 Å². The van der Waals surface area contributed by atoms with E-state index in [9.17, 15) is 112 Å². The predicted octanol–water partition coefficient (Wildman–Crippen LogP) is 12.9. The van der Waals surface area contributed by atoms with Crippen molar-refractivity contribution in [1.29, 1.82) is 0 Å². The molecule has 8 amide bonds. The van der Waals surface area contributed by atoms with Crippen molar-refractivity contribution in [2.45, 2.75) is 84.8 Å². The lowest BCUT2D eigenvalue weighted by atomic mass is 10.0. The molecular formula is C95H90F9N17O19S2. The summed E-state index contributed by atoms with van der Waals surface area (Å²) in [4.78, 5) is 135. The first-order valence-corrected chi connectivity index (χ1v) is 46.5. The predicted molar refractivity (Wildman–Crippen MR) is 504 cm³/mol. The fraction of sp³-hybridized carbons (Fsp3) is 0.295. The highest BCUT2D eigenvalue weighted by Gasteiger charge is 2.47. The van der Waals surface area contributed by atoms with Crippen molar-refractivity contribution >= 4 is 166 Å². The Hall–Kier alpha value is -14.9. The normalized spacial score (nSPS) is 15.6. The number of cyclic esters (lactones) is 1. The second kappa shape index (κ2) is 43.9. The van der Waals surface area contributed by atoms with Gasteiger partial charge in [0, 0.05) is 154 Å². The van der Waals surface area contributed by atoms with Gasteiger partial charge in [-0.25, -0.2) is 33.1 Å². The van der Waals surface area contributed by atoms with Crippen LogP contribution in [0, 0.1) is 0 Å². The molecule has 744 valence electrons. The first kappa shape index (κ1) is 102. The summed E-state index contributed by atoms with van der Waals surface area (Å²) in [5, 5.41) is 49.5. The van der Waals surface area contributed by atoms with E-state index in [1.54, 1.807) is 114 Å². The van der Waals surface area contributed by atoms with Crippen LogP contribution in [0.15, 0.2) is 203 Å². The second-order valence-corrected chi connectivity index (χ2v) is 35.6. The molecule has 5 aromatic heterocycles. The van der Waals surface area contributed by atoms with E-state index in [1.165, 1.54) is 58.0 Å². The fourth-order valence-corrected chi connectivity index (χ4v) is 17.5. The van der Waals surface area contributed by atoms with Gasteiger partial charge in [-0.1, -0.05) is 36.4 Å². The monoisotopic (exact) mass is 2010 g/mol. The molecule has 8 N–H and O–H groups in total. The summed E-state index contributed by atoms with van der Waals surface area (Å²) < 4.78 is 169. The van der Waals surface area contributed by atoms with Crippen molar-refractivity contribution in [3.05, 3.63) is 232 Å².